The molecule has 1 aliphatic rings. The minimum Gasteiger partial charge on any atom is -0.469 e. The zero-order valence-corrected chi connectivity index (χ0v) is 18.6. The van der Waals surface area contributed by atoms with E-state index >= 15 is 0 Å². The van der Waals surface area contributed by atoms with E-state index in [2.05, 4.69) is 16.9 Å². The summed E-state index contributed by atoms with van der Waals surface area (Å²) in [4.78, 5) is 11.2. The monoisotopic (exact) mass is 442 g/mol. The maximum Gasteiger partial charge on any atom is 0.305 e. The van der Waals surface area contributed by atoms with E-state index in [1.165, 1.54) is 7.11 Å². The van der Waals surface area contributed by atoms with Crippen LogP contribution in [0.5, 0.6) is 0 Å². The van der Waals surface area contributed by atoms with Gasteiger partial charge in [0.25, 0.3) is 0 Å². The largest absolute Gasteiger partial charge is 0.469 e. The molecule has 2 aromatic carbocycles. The predicted octanol–water partition coefficient (Wildman–Crippen LogP) is 5.13. The second-order valence-corrected chi connectivity index (χ2v) is 8.72. The van der Waals surface area contributed by atoms with E-state index in [0.29, 0.717) is 12.8 Å². The van der Waals surface area contributed by atoms with Crippen LogP contribution in [0.1, 0.15) is 60.8 Å². The lowest BCUT2D eigenvalue weighted by Crippen LogP contribution is -2.18. The first kappa shape index (κ1) is 23.5. The molecule has 0 aliphatic heterocycles. The molecule has 0 aromatic heterocycles. The van der Waals surface area contributed by atoms with Crippen LogP contribution in [0.2, 0.25) is 0 Å². The van der Waals surface area contributed by atoms with Crippen LogP contribution in [0.15, 0.2) is 66.7 Å². The number of benzene rings is 2. The molecule has 4 nitrogen and oxygen atoms in total. The van der Waals surface area contributed by atoms with E-state index in [1.54, 1.807) is 0 Å². The average molecular weight is 443 g/mol. The topological polar surface area (TPSA) is 66.8 Å². The van der Waals surface area contributed by atoms with Crippen molar-refractivity contribution < 1.29 is 19.7 Å². The highest BCUT2D eigenvalue weighted by Gasteiger charge is 2.41. The molecule has 166 valence electrons. The lowest BCUT2D eigenvalue weighted by Gasteiger charge is -2.23. The van der Waals surface area contributed by atoms with Gasteiger partial charge in [-0.15, -0.1) is 11.6 Å². The first-order valence-corrected chi connectivity index (χ1v) is 11.3. The summed E-state index contributed by atoms with van der Waals surface area (Å²) in [6.07, 6.45) is 6.38. The van der Waals surface area contributed by atoms with E-state index in [4.69, 9.17) is 11.6 Å². The molecule has 2 aromatic rings. The third-order valence-electron chi connectivity index (χ3n) is 6.11. The van der Waals surface area contributed by atoms with Crippen LogP contribution in [-0.4, -0.2) is 34.8 Å². The van der Waals surface area contributed by atoms with E-state index in [0.717, 1.165) is 36.0 Å². The molecule has 0 amide bonds. The van der Waals surface area contributed by atoms with Gasteiger partial charge in [0, 0.05) is 17.7 Å². The molecular weight excluding hydrogens is 412 g/mol. The number of carbonyl (C=O) groups is 1. The summed E-state index contributed by atoms with van der Waals surface area (Å²) in [7, 11) is 1.40. The van der Waals surface area contributed by atoms with Crippen molar-refractivity contribution in [1.29, 1.82) is 0 Å². The van der Waals surface area contributed by atoms with Gasteiger partial charge in [0.15, 0.2) is 0 Å². The van der Waals surface area contributed by atoms with Crippen molar-refractivity contribution in [2.24, 2.45) is 5.92 Å². The van der Waals surface area contributed by atoms with Crippen LogP contribution in [0, 0.1) is 5.92 Å². The molecule has 0 heterocycles. The Labute approximate surface area is 189 Å². The fourth-order valence-electron chi connectivity index (χ4n) is 4.39. The van der Waals surface area contributed by atoms with Crippen LogP contribution in [0.3, 0.4) is 0 Å². The number of esters is 1. The molecule has 1 fully saturated rings. The number of ether oxygens (including phenoxy) is 1. The summed E-state index contributed by atoms with van der Waals surface area (Å²) in [6, 6.07) is 17.4. The summed E-state index contributed by atoms with van der Waals surface area (Å²) in [5.74, 6) is -0.0856. The highest BCUT2D eigenvalue weighted by Crippen LogP contribution is 2.45. The summed E-state index contributed by atoms with van der Waals surface area (Å²) in [6.45, 7) is 0. The Morgan fingerprint density at radius 1 is 1.13 bits per heavy atom. The molecule has 1 unspecified atom stereocenters. The van der Waals surface area contributed by atoms with Gasteiger partial charge in [-0.05, 0) is 48.3 Å². The van der Waals surface area contributed by atoms with Crippen LogP contribution in [-0.2, 0) is 9.53 Å². The lowest BCUT2D eigenvalue weighted by molar-refractivity contribution is -0.140. The minimum absolute atomic E-state index is 0.0369. The van der Waals surface area contributed by atoms with Crippen LogP contribution in [0.25, 0.3) is 0 Å². The molecule has 5 heteroatoms. The Morgan fingerprint density at radius 2 is 1.81 bits per heavy atom. The van der Waals surface area contributed by atoms with Gasteiger partial charge in [0.05, 0.1) is 13.2 Å². The number of methoxy groups -OCH3 is 1. The Kier molecular flexibility index (Phi) is 8.70. The van der Waals surface area contributed by atoms with Gasteiger partial charge >= 0.3 is 5.97 Å². The zero-order chi connectivity index (χ0) is 22.2. The average Bonchev–Trinajstić information content (AvgIpc) is 3.08. The molecule has 3 rings (SSSR count). The van der Waals surface area contributed by atoms with Crippen molar-refractivity contribution in [3.05, 3.63) is 83.4 Å². The number of allylic oxidation sites excluding steroid dienone is 2. The Balaban J connectivity index is 1.63. The molecule has 31 heavy (non-hydrogen) atoms. The highest BCUT2D eigenvalue weighted by atomic mass is 35.5. The Morgan fingerprint density at radius 3 is 2.48 bits per heavy atom. The number of unbranched alkanes of at least 4 members (excludes halogenated alkanes) is 1. The molecule has 1 aliphatic carbocycles. The molecule has 0 radical (unpaired) electrons. The first-order valence-electron chi connectivity index (χ1n) is 10.9. The minimum atomic E-state index is -0.673. The standard InChI is InChI=1S/C26H31ClO4/c1-31-24(29)12-8-3-2-7-11-21-22(27)17-23(28)25(21)18-13-15-20(16-14-18)26(30)19-9-5-4-6-10-19/h2,4-7,9-10,13-16,21-23,25-26,28,30H,3,8,11-12,17H2,1H3/b7-2-/t21-,22+,23+,25+,26?/m0/s1. The smallest absolute Gasteiger partial charge is 0.305 e. The molecule has 5 atom stereocenters. The number of halogens is 1. The van der Waals surface area contributed by atoms with Crippen molar-refractivity contribution in [1.82, 2.24) is 0 Å². The second kappa shape index (κ2) is 11.5. The summed E-state index contributed by atoms with van der Waals surface area (Å²) in [5, 5.41) is 21.2. The van der Waals surface area contributed by atoms with Crippen molar-refractivity contribution in [3.63, 3.8) is 0 Å². The maximum atomic E-state index is 11.2. The molecule has 1 saturated carbocycles. The van der Waals surface area contributed by atoms with Crippen LogP contribution in [0.4, 0.5) is 0 Å². The van der Waals surface area contributed by atoms with Crippen molar-refractivity contribution >= 4 is 17.6 Å². The third kappa shape index (κ3) is 6.19. The van der Waals surface area contributed by atoms with E-state index in [-0.39, 0.29) is 23.2 Å². The van der Waals surface area contributed by atoms with Gasteiger partial charge in [-0.3, -0.25) is 4.79 Å². The van der Waals surface area contributed by atoms with Gasteiger partial charge < -0.3 is 14.9 Å². The number of alkyl halides is 1. The summed E-state index contributed by atoms with van der Waals surface area (Å²) < 4.78 is 4.65. The third-order valence-corrected chi connectivity index (χ3v) is 6.62. The van der Waals surface area contributed by atoms with Crippen LogP contribution < -0.4 is 0 Å². The Bertz CT molecular complexity index is 849. The Hall–Kier alpha value is -2.14. The van der Waals surface area contributed by atoms with E-state index < -0.39 is 12.2 Å². The fourth-order valence-corrected chi connectivity index (χ4v) is 4.83. The summed E-state index contributed by atoms with van der Waals surface area (Å²) in [5.41, 5.74) is 2.72. The zero-order valence-electron chi connectivity index (χ0n) is 17.9. The van der Waals surface area contributed by atoms with Gasteiger partial charge in [-0.1, -0.05) is 66.7 Å². The highest BCUT2D eigenvalue weighted by molar-refractivity contribution is 6.21. The maximum absolute atomic E-state index is 11.2. The normalized spacial score (nSPS) is 24.4. The summed E-state index contributed by atoms with van der Waals surface area (Å²) >= 11 is 6.58. The van der Waals surface area contributed by atoms with E-state index in [1.807, 2.05) is 54.6 Å². The molecule has 0 bridgehead atoms. The second-order valence-electron chi connectivity index (χ2n) is 8.16. The fraction of sp³-hybridized carbons (Fsp3) is 0.423. The van der Waals surface area contributed by atoms with Gasteiger partial charge in [-0.25, -0.2) is 0 Å². The molecule has 2 N–H and O–H groups in total. The van der Waals surface area contributed by atoms with Gasteiger partial charge in [-0.2, -0.15) is 0 Å². The van der Waals surface area contributed by atoms with E-state index in [9.17, 15) is 15.0 Å². The number of aliphatic hydroxyl groups excluding tert-OH is 2. The quantitative estimate of drug-likeness (QED) is 0.244. The van der Waals surface area contributed by atoms with Gasteiger partial charge in [0.1, 0.15) is 6.10 Å². The first-order chi connectivity index (χ1) is 15.0. The van der Waals surface area contributed by atoms with Crippen LogP contribution >= 0.6 is 11.6 Å². The van der Waals surface area contributed by atoms with Gasteiger partial charge in [0.2, 0.25) is 0 Å². The van der Waals surface area contributed by atoms with Crippen molar-refractivity contribution in [2.75, 3.05) is 7.11 Å². The molecule has 0 saturated heterocycles. The predicted molar refractivity (Wildman–Crippen MR) is 123 cm³/mol. The number of carbonyl (C=O) groups excluding carboxylic acids is 1. The SMILES string of the molecule is COC(=O)CCC/C=C\C[C@@H]1[C@@H](c2ccc(C(O)c3ccccc3)cc2)[C@H](O)C[C@H]1Cl. The molecule has 0 spiro atoms. The molecular formula is C26H31ClO4. The number of aliphatic hydroxyl groups is 2. The van der Waals surface area contributed by atoms with Crippen molar-refractivity contribution in [3.8, 4) is 0 Å². The number of hydrogen-bond donors (Lipinski definition) is 2. The number of hydrogen-bond acceptors (Lipinski definition) is 4. The number of rotatable bonds is 9. The lowest BCUT2D eigenvalue weighted by atomic mass is 9.84. The van der Waals surface area contributed by atoms with Crippen molar-refractivity contribution in [2.45, 2.75) is 55.6 Å².